The van der Waals surface area contributed by atoms with Gasteiger partial charge in [0.2, 0.25) is 0 Å². The van der Waals surface area contributed by atoms with Crippen LogP contribution >= 0.6 is 0 Å². The van der Waals surface area contributed by atoms with Crippen molar-refractivity contribution in [2.24, 2.45) is 0 Å². The van der Waals surface area contributed by atoms with Crippen LogP contribution in [-0.4, -0.2) is 54.8 Å². The number of aryl methyl sites for hydroxylation is 1. The molecule has 1 fully saturated rings. The molecular weight excluding hydrogens is 364 g/mol. The van der Waals surface area contributed by atoms with Crippen molar-refractivity contribution in [2.45, 2.75) is 65.5 Å². The molecule has 1 unspecified atom stereocenters. The highest BCUT2D eigenvalue weighted by Gasteiger charge is 2.22. The maximum absolute atomic E-state index is 12.7. The van der Waals surface area contributed by atoms with E-state index in [0.29, 0.717) is 6.61 Å². The van der Waals surface area contributed by atoms with Crippen LogP contribution in [0.1, 0.15) is 62.5 Å². The third-order valence-corrected chi connectivity index (χ3v) is 5.79. The largest absolute Gasteiger partial charge is 0.383 e. The molecule has 160 valence electrons. The van der Waals surface area contributed by atoms with Gasteiger partial charge < -0.3 is 19.5 Å². The van der Waals surface area contributed by atoms with Gasteiger partial charge in [0, 0.05) is 37.6 Å². The molecule has 29 heavy (non-hydrogen) atoms. The number of ether oxygens (including phenoxy) is 1. The first-order valence-corrected chi connectivity index (χ1v) is 10.7. The Balaban J connectivity index is 2.04. The third-order valence-electron chi connectivity index (χ3n) is 5.79. The molecule has 1 aromatic rings. The average Bonchev–Trinajstić information content (AvgIpc) is 2.98. The number of likely N-dealkylation sites (tertiary alicyclic amines) is 1. The molecule has 1 aliphatic heterocycles. The van der Waals surface area contributed by atoms with Gasteiger partial charge in [-0.15, -0.1) is 0 Å². The number of piperidine rings is 1. The van der Waals surface area contributed by atoms with Crippen molar-refractivity contribution in [2.75, 3.05) is 33.4 Å². The van der Waals surface area contributed by atoms with Crippen LogP contribution in [0.5, 0.6) is 0 Å². The Hall–Kier alpha value is -2.10. The maximum Gasteiger partial charge on any atom is 0.262 e. The summed E-state index contributed by atoms with van der Waals surface area (Å²) >= 11 is 0. The number of nitriles is 1. The van der Waals surface area contributed by atoms with Crippen LogP contribution in [0.3, 0.4) is 0 Å². The zero-order valence-corrected chi connectivity index (χ0v) is 18.6. The zero-order chi connectivity index (χ0) is 21.4. The molecule has 1 aliphatic rings. The molecule has 0 saturated carbocycles. The molecule has 0 radical (unpaired) electrons. The lowest BCUT2D eigenvalue weighted by Crippen LogP contribution is -2.45. The molecule has 6 heteroatoms. The summed E-state index contributed by atoms with van der Waals surface area (Å²) in [6, 6.07) is 4.46. The minimum absolute atomic E-state index is 0.145. The van der Waals surface area contributed by atoms with Gasteiger partial charge in [-0.05, 0) is 64.3 Å². The summed E-state index contributed by atoms with van der Waals surface area (Å²) in [6.45, 7) is 12.1. The van der Waals surface area contributed by atoms with E-state index in [0.717, 1.165) is 49.4 Å². The van der Waals surface area contributed by atoms with Crippen LogP contribution < -0.4 is 5.32 Å². The molecule has 6 nitrogen and oxygen atoms in total. The van der Waals surface area contributed by atoms with Crippen LogP contribution in [0.4, 0.5) is 0 Å². The van der Waals surface area contributed by atoms with Crippen molar-refractivity contribution in [3.63, 3.8) is 0 Å². The van der Waals surface area contributed by atoms with Gasteiger partial charge in [0.25, 0.3) is 5.91 Å². The second-order valence-electron chi connectivity index (χ2n) is 8.11. The lowest BCUT2D eigenvalue weighted by atomic mass is 10.0. The highest BCUT2D eigenvalue weighted by Crippen LogP contribution is 2.23. The van der Waals surface area contributed by atoms with Crippen LogP contribution in [0.25, 0.3) is 6.08 Å². The highest BCUT2D eigenvalue weighted by molar-refractivity contribution is 6.02. The van der Waals surface area contributed by atoms with Gasteiger partial charge in [0.05, 0.1) is 12.6 Å². The average molecular weight is 401 g/mol. The summed E-state index contributed by atoms with van der Waals surface area (Å²) in [5.74, 6) is -0.269. The first-order valence-electron chi connectivity index (χ1n) is 10.7. The Morgan fingerprint density at radius 1 is 1.41 bits per heavy atom. The van der Waals surface area contributed by atoms with E-state index in [4.69, 9.17) is 4.74 Å². The Kier molecular flexibility index (Phi) is 8.94. The number of carbonyl (C=O) groups is 1. The minimum atomic E-state index is -0.269. The number of hydrogen-bond donors (Lipinski definition) is 1. The molecule has 1 aromatic heterocycles. The number of nitrogens with zero attached hydrogens (tertiary/aromatic N) is 3. The van der Waals surface area contributed by atoms with Crippen LogP contribution in [0.2, 0.25) is 0 Å². The molecule has 1 N–H and O–H groups in total. The molecule has 2 heterocycles. The van der Waals surface area contributed by atoms with Gasteiger partial charge in [-0.1, -0.05) is 13.3 Å². The van der Waals surface area contributed by atoms with Crippen molar-refractivity contribution >= 4 is 12.0 Å². The van der Waals surface area contributed by atoms with E-state index >= 15 is 0 Å². The first kappa shape index (κ1) is 23.2. The van der Waals surface area contributed by atoms with Crippen LogP contribution in [0.15, 0.2) is 11.6 Å². The van der Waals surface area contributed by atoms with Gasteiger partial charge in [-0.2, -0.15) is 5.26 Å². The number of hydrogen-bond acceptors (Lipinski definition) is 4. The van der Waals surface area contributed by atoms with E-state index in [2.05, 4.69) is 34.7 Å². The van der Waals surface area contributed by atoms with Crippen molar-refractivity contribution in [1.82, 2.24) is 14.8 Å². The number of unbranched alkanes of at least 4 members (excludes halogenated alkanes) is 1. The number of aromatic nitrogens is 1. The maximum atomic E-state index is 12.7. The van der Waals surface area contributed by atoms with Crippen molar-refractivity contribution in [3.05, 3.63) is 28.6 Å². The molecular formula is C23H36N4O2. The van der Waals surface area contributed by atoms with Gasteiger partial charge >= 0.3 is 0 Å². The predicted octanol–water partition coefficient (Wildman–Crippen LogP) is 3.60. The second-order valence-corrected chi connectivity index (χ2v) is 8.11. The standard InChI is InChI=1S/C23H36N4O2/c1-6-7-10-26-11-8-22(9-12-26)25-23(28)21(15-24)14-20-13-17(2)27(19(20)4)18(3)16-29-5/h13-14,18,22H,6-12,16H2,1-5H3,(H,25,28)/b21-14-. The van der Waals surface area contributed by atoms with Crippen molar-refractivity contribution < 1.29 is 9.53 Å². The van der Waals surface area contributed by atoms with Gasteiger partial charge in [-0.25, -0.2) is 0 Å². The SMILES string of the molecule is CCCCN1CCC(NC(=O)/C(C#N)=C\c2cc(C)n(C(C)COC)c2C)CC1. The molecule has 1 atom stereocenters. The molecule has 0 bridgehead atoms. The van der Waals surface area contributed by atoms with Crippen LogP contribution in [-0.2, 0) is 9.53 Å². The topological polar surface area (TPSA) is 70.3 Å². The third kappa shape index (κ3) is 6.19. The Bertz CT molecular complexity index is 752. The number of nitrogens with one attached hydrogen (secondary N) is 1. The normalized spacial score (nSPS) is 17.2. The predicted molar refractivity (Wildman–Crippen MR) is 117 cm³/mol. The summed E-state index contributed by atoms with van der Waals surface area (Å²) in [5, 5.41) is 12.6. The lowest BCUT2D eigenvalue weighted by Gasteiger charge is -2.32. The number of methoxy groups -OCH3 is 1. The first-order chi connectivity index (χ1) is 13.9. The molecule has 0 aromatic carbocycles. The fraction of sp³-hybridized carbons (Fsp3) is 0.652. The zero-order valence-electron chi connectivity index (χ0n) is 18.6. The number of amides is 1. The van der Waals surface area contributed by atoms with E-state index in [9.17, 15) is 10.1 Å². The fourth-order valence-electron chi connectivity index (χ4n) is 4.19. The minimum Gasteiger partial charge on any atom is -0.383 e. The summed E-state index contributed by atoms with van der Waals surface area (Å²) < 4.78 is 7.46. The monoisotopic (exact) mass is 400 g/mol. The van der Waals surface area contributed by atoms with Crippen molar-refractivity contribution in [1.29, 1.82) is 5.26 Å². The Morgan fingerprint density at radius 2 is 2.10 bits per heavy atom. The summed E-state index contributed by atoms with van der Waals surface area (Å²) in [5.41, 5.74) is 3.21. The van der Waals surface area contributed by atoms with Gasteiger partial charge in [-0.3, -0.25) is 4.79 Å². The molecule has 1 saturated heterocycles. The van der Waals surface area contributed by atoms with E-state index in [-0.39, 0.29) is 23.6 Å². The molecule has 1 amide bonds. The van der Waals surface area contributed by atoms with Crippen LogP contribution in [0, 0.1) is 25.2 Å². The fourth-order valence-corrected chi connectivity index (χ4v) is 4.19. The van der Waals surface area contributed by atoms with E-state index < -0.39 is 0 Å². The van der Waals surface area contributed by atoms with Gasteiger partial charge in [0.15, 0.2) is 0 Å². The smallest absolute Gasteiger partial charge is 0.262 e. The molecule has 2 rings (SSSR count). The molecule has 0 aliphatic carbocycles. The van der Waals surface area contributed by atoms with E-state index in [1.54, 1.807) is 13.2 Å². The highest BCUT2D eigenvalue weighted by atomic mass is 16.5. The summed E-state index contributed by atoms with van der Waals surface area (Å²) in [4.78, 5) is 15.2. The number of rotatable bonds is 9. The van der Waals surface area contributed by atoms with Crippen molar-refractivity contribution in [3.8, 4) is 6.07 Å². The Morgan fingerprint density at radius 3 is 2.69 bits per heavy atom. The van der Waals surface area contributed by atoms with E-state index in [1.807, 2.05) is 19.9 Å². The quantitative estimate of drug-likeness (QED) is 0.508. The van der Waals surface area contributed by atoms with E-state index in [1.165, 1.54) is 12.8 Å². The second kappa shape index (κ2) is 11.2. The van der Waals surface area contributed by atoms with Gasteiger partial charge in [0.1, 0.15) is 11.6 Å². The lowest BCUT2D eigenvalue weighted by molar-refractivity contribution is -0.118. The summed E-state index contributed by atoms with van der Waals surface area (Å²) in [6.07, 6.45) is 6.02. The summed E-state index contributed by atoms with van der Waals surface area (Å²) in [7, 11) is 1.69. The molecule has 0 spiro atoms. The number of carbonyl (C=O) groups excluding carboxylic acids is 1. The Labute approximate surface area is 175 Å².